The largest absolute Gasteiger partial charge is 0.368 e. The molecular formula is C23H22Cl2N4O. The maximum Gasteiger partial charge on any atom is 0.219 e. The average Bonchev–Trinajstić information content (AvgIpc) is 2.75. The lowest BCUT2D eigenvalue weighted by Gasteiger charge is -2.35. The Balaban J connectivity index is 1.46. The number of pyridine rings is 1. The molecule has 154 valence electrons. The predicted octanol–water partition coefficient (Wildman–Crippen LogP) is 5.47. The smallest absolute Gasteiger partial charge is 0.219 e. The second-order valence-corrected chi connectivity index (χ2v) is 7.98. The number of hydrogen-bond donors (Lipinski definition) is 1. The highest BCUT2D eigenvalue weighted by atomic mass is 35.5. The Labute approximate surface area is 186 Å². The highest BCUT2D eigenvalue weighted by Gasteiger charge is 2.18. The monoisotopic (exact) mass is 440 g/mol. The number of amides is 1. The number of nitrogens with zero attached hydrogens (tertiary/aromatic N) is 3. The Morgan fingerprint density at radius 1 is 0.900 bits per heavy atom. The van der Waals surface area contributed by atoms with Crippen LogP contribution in [0.2, 0.25) is 10.0 Å². The van der Waals surface area contributed by atoms with Gasteiger partial charge in [-0.15, -0.1) is 0 Å². The number of rotatable bonds is 4. The molecule has 0 spiro atoms. The van der Waals surface area contributed by atoms with Crippen LogP contribution in [0.4, 0.5) is 17.2 Å². The van der Waals surface area contributed by atoms with E-state index in [4.69, 9.17) is 23.2 Å². The third-order valence-corrected chi connectivity index (χ3v) is 5.83. The molecule has 0 aliphatic carbocycles. The van der Waals surface area contributed by atoms with Crippen molar-refractivity contribution in [3.05, 3.63) is 70.7 Å². The van der Waals surface area contributed by atoms with Gasteiger partial charge < -0.3 is 15.1 Å². The van der Waals surface area contributed by atoms with Crippen LogP contribution in [0.5, 0.6) is 0 Å². The molecule has 1 saturated heterocycles. The fourth-order valence-electron chi connectivity index (χ4n) is 3.57. The van der Waals surface area contributed by atoms with E-state index in [9.17, 15) is 4.79 Å². The fraction of sp³-hybridized carbons (Fsp3) is 0.217. The highest BCUT2D eigenvalue weighted by Crippen LogP contribution is 2.34. The summed E-state index contributed by atoms with van der Waals surface area (Å²) in [4.78, 5) is 20.3. The molecular weight excluding hydrogens is 419 g/mol. The van der Waals surface area contributed by atoms with Crippen LogP contribution in [0.3, 0.4) is 0 Å². The molecule has 2 aromatic carbocycles. The second kappa shape index (κ2) is 8.94. The molecule has 1 N–H and O–H groups in total. The van der Waals surface area contributed by atoms with Crippen LogP contribution in [0.25, 0.3) is 11.3 Å². The van der Waals surface area contributed by atoms with E-state index in [0.717, 1.165) is 48.8 Å². The molecule has 1 aliphatic rings. The molecule has 0 bridgehead atoms. The SMILES string of the molecule is CC(=O)N1CCN(c2ccc(Nc3cccc(-c4c(Cl)cccc4Cl)n3)cc2)CC1. The average molecular weight is 441 g/mol. The van der Waals surface area contributed by atoms with Crippen LogP contribution in [0.15, 0.2) is 60.7 Å². The summed E-state index contributed by atoms with van der Waals surface area (Å²) in [5, 5.41) is 4.48. The fourth-order valence-corrected chi connectivity index (χ4v) is 4.16. The molecule has 4 rings (SSSR count). The zero-order chi connectivity index (χ0) is 21.1. The molecule has 7 heteroatoms. The van der Waals surface area contributed by atoms with E-state index < -0.39 is 0 Å². The first-order valence-electron chi connectivity index (χ1n) is 9.80. The van der Waals surface area contributed by atoms with Crippen LogP contribution in [0, 0.1) is 0 Å². The Hall–Kier alpha value is -2.76. The van der Waals surface area contributed by atoms with Crippen molar-refractivity contribution in [2.75, 3.05) is 36.4 Å². The Morgan fingerprint density at radius 2 is 1.53 bits per heavy atom. The predicted molar refractivity (Wildman–Crippen MR) is 124 cm³/mol. The van der Waals surface area contributed by atoms with E-state index in [1.54, 1.807) is 19.1 Å². The number of piperazine rings is 1. The zero-order valence-electron chi connectivity index (χ0n) is 16.6. The van der Waals surface area contributed by atoms with Gasteiger partial charge in [0.05, 0.1) is 15.7 Å². The number of carbonyl (C=O) groups excluding carboxylic acids is 1. The molecule has 30 heavy (non-hydrogen) atoms. The minimum atomic E-state index is 0.141. The number of benzene rings is 2. The van der Waals surface area contributed by atoms with Gasteiger partial charge in [0.1, 0.15) is 5.82 Å². The van der Waals surface area contributed by atoms with Gasteiger partial charge in [-0.3, -0.25) is 4.79 Å². The van der Waals surface area contributed by atoms with Crippen LogP contribution >= 0.6 is 23.2 Å². The summed E-state index contributed by atoms with van der Waals surface area (Å²) in [6, 6.07) is 19.4. The molecule has 1 fully saturated rings. The molecule has 0 saturated carbocycles. The van der Waals surface area contributed by atoms with Gasteiger partial charge in [0, 0.05) is 50.0 Å². The number of hydrogen-bond acceptors (Lipinski definition) is 4. The minimum absolute atomic E-state index is 0.141. The van der Waals surface area contributed by atoms with E-state index in [0.29, 0.717) is 15.9 Å². The van der Waals surface area contributed by atoms with E-state index >= 15 is 0 Å². The van der Waals surface area contributed by atoms with Gasteiger partial charge in [-0.1, -0.05) is 35.3 Å². The molecule has 5 nitrogen and oxygen atoms in total. The summed E-state index contributed by atoms with van der Waals surface area (Å²) >= 11 is 12.6. The number of nitrogens with one attached hydrogen (secondary N) is 1. The van der Waals surface area contributed by atoms with Gasteiger partial charge in [-0.2, -0.15) is 0 Å². The van der Waals surface area contributed by atoms with Gasteiger partial charge in [-0.25, -0.2) is 4.98 Å². The molecule has 1 aliphatic heterocycles. The maximum atomic E-state index is 11.5. The van der Waals surface area contributed by atoms with Crippen LogP contribution in [-0.4, -0.2) is 42.0 Å². The normalized spacial score (nSPS) is 14.0. The summed E-state index contributed by atoms with van der Waals surface area (Å²) < 4.78 is 0. The van der Waals surface area contributed by atoms with Crippen molar-refractivity contribution in [1.29, 1.82) is 0 Å². The lowest BCUT2D eigenvalue weighted by atomic mass is 10.1. The van der Waals surface area contributed by atoms with E-state index in [2.05, 4.69) is 27.3 Å². The molecule has 2 heterocycles. The highest BCUT2D eigenvalue weighted by molar-refractivity contribution is 6.39. The third kappa shape index (κ3) is 4.53. The Morgan fingerprint density at radius 3 is 2.17 bits per heavy atom. The lowest BCUT2D eigenvalue weighted by molar-refractivity contribution is -0.129. The first kappa shape index (κ1) is 20.5. The van der Waals surface area contributed by atoms with Crippen molar-refractivity contribution in [3.63, 3.8) is 0 Å². The van der Waals surface area contributed by atoms with Crippen LogP contribution in [-0.2, 0) is 4.79 Å². The summed E-state index contributed by atoms with van der Waals surface area (Å²) in [7, 11) is 0. The van der Waals surface area contributed by atoms with Crippen molar-refractivity contribution in [2.24, 2.45) is 0 Å². The van der Waals surface area contributed by atoms with E-state index in [-0.39, 0.29) is 5.91 Å². The van der Waals surface area contributed by atoms with Gasteiger partial charge in [0.25, 0.3) is 0 Å². The van der Waals surface area contributed by atoms with Gasteiger partial charge in [-0.05, 0) is 48.5 Å². The number of carbonyl (C=O) groups is 1. The van der Waals surface area contributed by atoms with Gasteiger partial charge in [0.2, 0.25) is 5.91 Å². The van der Waals surface area contributed by atoms with Crippen LogP contribution < -0.4 is 10.2 Å². The molecule has 0 unspecified atom stereocenters. The molecule has 0 radical (unpaired) electrons. The molecule has 3 aromatic rings. The maximum absolute atomic E-state index is 11.5. The summed E-state index contributed by atoms with van der Waals surface area (Å²) in [6.07, 6.45) is 0. The zero-order valence-corrected chi connectivity index (χ0v) is 18.1. The summed E-state index contributed by atoms with van der Waals surface area (Å²) in [6.45, 7) is 4.83. The Bertz CT molecular complexity index is 1030. The van der Waals surface area contributed by atoms with E-state index in [1.807, 2.05) is 41.3 Å². The lowest BCUT2D eigenvalue weighted by Crippen LogP contribution is -2.48. The first-order chi connectivity index (χ1) is 14.5. The standard InChI is InChI=1S/C23H22Cl2N4O/c1-16(30)28-12-14-29(15-13-28)18-10-8-17(9-11-18)26-22-7-3-6-21(27-22)23-19(24)4-2-5-20(23)25/h2-11H,12-15H2,1H3,(H,26,27). The number of halogens is 2. The van der Waals surface area contributed by atoms with Gasteiger partial charge in [0.15, 0.2) is 0 Å². The topological polar surface area (TPSA) is 48.5 Å². The van der Waals surface area contributed by atoms with Crippen molar-refractivity contribution >= 4 is 46.3 Å². The van der Waals surface area contributed by atoms with Gasteiger partial charge >= 0.3 is 0 Å². The Kier molecular flexibility index (Phi) is 6.11. The quantitative estimate of drug-likeness (QED) is 0.584. The van der Waals surface area contributed by atoms with Crippen molar-refractivity contribution in [3.8, 4) is 11.3 Å². The third-order valence-electron chi connectivity index (χ3n) is 5.20. The summed E-state index contributed by atoms with van der Waals surface area (Å²) in [5.74, 6) is 0.855. The molecule has 0 atom stereocenters. The van der Waals surface area contributed by atoms with Crippen molar-refractivity contribution < 1.29 is 4.79 Å². The van der Waals surface area contributed by atoms with Crippen LogP contribution in [0.1, 0.15) is 6.92 Å². The second-order valence-electron chi connectivity index (χ2n) is 7.17. The summed E-state index contributed by atoms with van der Waals surface area (Å²) in [5.41, 5.74) is 3.53. The number of anilines is 3. The molecule has 1 aromatic heterocycles. The molecule has 1 amide bonds. The number of aromatic nitrogens is 1. The van der Waals surface area contributed by atoms with Crippen molar-refractivity contribution in [1.82, 2.24) is 9.88 Å². The first-order valence-corrected chi connectivity index (χ1v) is 10.6. The van der Waals surface area contributed by atoms with Crippen molar-refractivity contribution in [2.45, 2.75) is 6.92 Å². The minimum Gasteiger partial charge on any atom is -0.368 e. The van der Waals surface area contributed by atoms with E-state index in [1.165, 1.54) is 0 Å².